The minimum Gasteiger partial charge on any atom is -0.494 e. The van der Waals surface area contributed by atoms with Gasteiger partial charge in [0.05, 0.1) is 6.61 Å². The summed E-state index contributed by atoms with van der Waals surface area (Å²) in [5, 5.41) is 0. The lowest BCUT2D eigenvalue weighted by Crippen LogP contribution is -2.43. The number of hydrogen-bond donors (Lipinski definition) is 2. The molecule has 1 aliphatic rings. The van der Waals surface area contributed by atoms with E-state index in [0.29, 0.717) is 19.1 Å². The molecular formula is C21H37N3O3. The van der Waals surface area contributed by atoms with Crippen molar-refractivity contribution in [1.82, 2.24) is 4.90 Å². The molecule has 4 N–H and O–H groups in total. The van der Waals surface area contributed by atoms with Gasteiger partial charge in [-0.05, 0) is 83.2 Å². The fourth-order valence-corrected chi connectivity index (χ4v) is 3.09. The van der Waals surface area contributed by atoms with Crippen molar-refractivity contribution >= 4 is 6.09 Å². The van der Waals surface area contributed by atoms with E-state index in [9.17, 15) is 4.79 Å². The van der Waals surface area contributed by atoms with Crippen LogP contribution in [0.15, 0.2) is 18.2 Å². The van der Waals surface area contributed by atoms with Crippen molar-refractivity contribution in [3.05, 3.63) is 29.3 Å². The van der Waals surface area contributed by atoms with Gasteiger partial charge in [-0.1, -0.05) is 6.07 Å². The van der Waals surface area contributed by atoms with Crippen LogP contribution in [0.4, 0.5) is 4.79 Å². The number of benzene rings is 1. The number of amides is 1. The molecule has 0 aromatic heterocycles. The predicted octanol–water partition coefficient (Wildman–Crippen LogP) is 3.44. The number of aryl methyl sites for hydroxylation is 1. The van der Waals surface area contributed by atoms with Crippen LogP contribution in [0.1, 0.15) is 51.2 Å². The Bertz CT molecular complexity index is 585. The maximum atomic E-state index is 12.2. The van der Waals surface area contributed by atoms with Gasteiger partial charge in [-0.3, -0.25) is 0 Å². The number of nitrogens with zero attached hydrogens (tertiary/aromatic N) is 1. The van der Waals surface area contributed by atoms with Crippen LogP contribution in [0.5, 0.6) is 5.75 Å². The smallest absolute Gasteiger partial charge is 0.410 e. The maximum Gasteiger partial charge on any atom is 0.410 e. The molecule has 6 nitrogen and oxygen atoms in total. The summed E-state index contributed by atoms with van der Waals surface area (Å²) < 4.78 is 11.4. The van der Waals surface area contributed by atoms with Gasteiger partial charge in [0.15, 0.2) is 0 Å². The first-order valence-corrected chi connectivity index (χ1v) is 9.76. The van der Waals surface area contributed by atoms with E-state index in [4.69, 9.17) is 15.2 Å². The largest absolute Gasteiger partial charge is 0.494 e. The van der Waals surface area contributed by atoms with E-state index >= 15 is 0 Å². The van der Waals surface area contributed by atoms with Crippen LogP contribution in [-0.2, 0) is 11.3 Å². The van der Waals surface area contributed by atoms with Crippen LogP contribution in [0.2, 0.25) is 0 Å². The highest BCUT2D eigenvalue weighted by Gasteiger charge is 2.27. The minimum absolute atomic E-state index is 0.204. The Morgan fingerprint density at radius 1 is 1.30 bits per heavy atom. The number of rotatable bonds is 5. The highest BCUT2D eigenvalue weighted by molar-refractivity contribution is 5.68. The maximum absolute atomic E-state index is 12.2. The van der Waals surface area contributed by atoms with Crippen LogP contribution in [0, 0.1) is 12.8 Å². The van der Waals surface area contributed by atoms with Crippen molar-refractivity contribution in [3.8, 4) is 5.75 Å². The standard InChI is InChI=1S/C20H32N2O3.CH5N/c1-15-7-8-18(12-17(15)13-21)24-11-9-16-6-5-10-22(14-16)19(23)25-20(2,3)4;1-2/h7-8,12,16H,5-6,9-11,13-14,21H2,1-4H3;2H2,1H3. The van der Waals surface area contributed by atoms with E-state index < -0.39 is 5.60 Å². The quantitative estimate of drug-likeness (QED) is 0.818. The summed E-state index contributed by atoms with van der Waals surface area (Å²) in [6.45, 7) is 10.5. The summed E-state index contributed by atoms with van der Waals surface area (Å²) in [6, 6.07) is 6.05. The average Bonchev–Trinajstić information content (AvgIpc) is 2.63. The first-order chi connectivity index (χ1) is 12.8. The second-order valence-corrected chi connectivity index (χ2v) is 7.86. The number of likely N-dealkylation sites (tertiary alicyclic amines) is 1. The molecule has 1 atom stereocenters. The molecule has 1 aromatic carbocycles. The van der Waals surface area contributed by atoms with Crippen molar-refractivity contribution in [2.45, 2.75) is 59.1 Å². The molecule has 6 heteroatoms. The van der Waals surface area contributed by atoms with Gasteiger partial charge >= 0.3 is 6.09 Å². The number of carbonyl (C=O) groups is 1. The fraction of sp³-hybridized carbons (Fsp3) is 0.667. The summed E-state index contributed by atoms with van der Waals surface area (Å²) in [5.41, 5.74) is 12.1. The zero-order valence-electron chi connectivity index (χ0n) is 17.6. The number of nitrogens with two attached hydrogens (primary N) is 2. The molecule has 0 spiro atoms. The molecule has 1 fully saturated rings. The molecule has 1 aliphatic heterocycles. The van der Waals surface area contributed by atoms with Crippen molar-refractivity contribution in [1.29, 1.82) is 0 Å². The van der Waals surface area contributed by atoms with Crippen molar-refractivity contribution in [2.24, 2.45) is 17.4 Å². The molecule has 0 bridgehead atoms. The second kappa shape index (κ2) is 11.1. The Kier molecular flexibility index (Phi) is 9.60. The zero-order valence-corrected chi connectivity index (χ0v) is 17.6. The number of ether oxygens (including phenoxy) is 2. The molecule has 27 heavy (non-hydrogen) atoms. The lowest BCUT2D eigenvalue weighted by atomic mass is 9.95. The zero-order chi connectivity index (χ0) is 20.4. The Morgan fingerprint density at radius 3 is 2.63 bits per heavy atom. The van der Waals surface area contributed by atoms with Crippen LogP contribution in [0.25, 0.3) is 0 Å². The molecule has 1 aromatic rings. The molecule has 1 saturated heterocycles. The van der Waals surface area contributed by atoms with Gasteiger partial charge in [0.25, 0.3) is 0 Å². The Balaban J connectivity index is 0.00000176. The topological polar surface area (TPSA) is 90.8 Å². The molecule has 154 valence electrons. The number of carbonyl (C=O) groups excluding carboxylic acids is 1. The van der Waals surface area contributed by atoms with Crippen molar-refractivity contribution in [2.75, 3.05) is 26.7 Å². The monoisotopic (exact) mass is 379 g/mol. The summed E-state index contributed by atoms with van der Waals surface area (Å²) in [4.78, 5) is 14.0. The fourth-order valence-electron chi connectivity index (χ4n) is 3.09. The van der Waals surface area contributed by atoms with Gasteiger partial charge in [0.2, 0.25) is 0 Å². The van der Waals surface area contributed by atoms with Gasteiger partial charge in [0, 0.05) is 19.6 Å². The van der Waals surface area contributed by atoms with E-state index in [1.807, 2.05) is 43.9 Å². The van der Waals surface area contributed by atoms with E-state index in [0.717, 1.165) is 43.7 Å². The number of hydrogen-bond acceptors (Lipinski definition) is 5. The van der Waals surface area contributed by atoms with Crippen molar-refractivity contribution < 1.29 is 14.3 Å². The Labute approximate surface area is 164 Å². The average molecular weight is 380 g/mol. The van der Waals surface area contributed by atoms with Crippen LogP contribution >= 0.6 is 0 Å². The molecule has 0 saturated carbocycles. The van der Waals surface area contributed by atoms with Crippen LogP contribution < -0.4 is 16.2 Å². The molecular weight excluding hydrogens is 342 g/mol. The SMILES string of the molecule is CN.Cc1ccc(OCCC2CCCN(C(=O)OC(C)(C)C)C2)cc1CN. The molecule has 1 unspecified atom stereocenters. The van der Waals surface area contributed by atoms with E-state index in [2.05, 4.69) is 12.7 Å². The van der Waals surface area contributed by atoms with Gasteiger partial charge in [-0.15, -0.1) is 0 Å². The lowest BCUT2D eigenvalue weighted by Gasteiger charge is -2.34. The third-order valence-corrected chi connectivity index (χ3v) is 4.51. The van der Waals surface area contributed by atoms with Gasteiger partial charge in [-0.2, -0.15) is 0 Å². The van der Waals surface area contributed by atoms with Crippen LogP contribution in [0.3, 0.4) is 0 Å². The van der Waals surface area contributed by atoms with Gasteiger partial charge in [-0.25, -0.2) is 4.79 Å². The summed E-state index contributed by atoms with van der Waals surface area (Å²) in [6.07, 6.45) is 2.88. The second-order valence-electron chi connectivity index (χ2n) is 7.86. The highest BCUT2D eigenvalue weighted by Crippen LogP contribution is 2.23. The molecule has 0 radical (unpaired) electrons. The number of piperidine rings is 1. The third kappa shape index (κ3) is 8.18. The van der Waals surface area contributed by atoms with Crippen molar-refractivity contribution in [3.63, 3.8) is 0 Å². The minimum atomic E-state index is -0.445. The molecule has 2 rings (SSSR count). The first-order valence-electron chi connectivity index (χ1n) is 9.76. The Morgan fingerprint density at radius 2 is 2.00 bits per heavy atom. The van der Waals surface area contributed by atoms with E-state index in [-0.39, 0.29) is 6.09 Å². The first kappa shape index (κ1) is 23.2. The third-order valence-electron chi connectivity index (χ3n) is 4.51. The summed E-state index contributed by atoms with van der Waals surface area (Å²) in [7, 11) is 1.50. The highest BCUT2D eigenvalue weighted by atomic mass is 16.6. The van der Waals surface area contributed by atoms with Gasteiger partial charge in [0.1, 0.15) is 11.4 Å². The summed E-state index contributed by atoms with van der Waals surface area (Å²) in [5.74, 6) is 1.33. The molecule has 0 aliphatic carbocycles. The Hall–Kier alpha value is -1.79. The normalized spacial score (nSPS) is 17.0. The van der Waals surface area contributed by atoms with E-state index in [1.165, 1.54) is 12.6 Å². The summed E-state index contributed by atoms with van der Waals surface area (Å²) >= 11 is 0. The molecule has 1 heterocycles. The van der Waals surface area contributed by atoms with Crippen LogP contribution in [-0.4, -0.2) is 43.3 Å². The van der Waals surface area contributed by atoms with Gasteiger partial charge < -0.3 is 25.8 Å². The molecule has 1 amide bonds. The van der Waals surface area contributed by atoms with E-state index in [1.54, 1.807) is 0 Å². The predicted molar refractivity (Wildman–Crippen MR) is 110 cm³/mol. The lowest BCUT2D eigenvalue weighted by molar-refractivity contribution is 0.0154.